The van der Waals surface area contributed by atoms with Crippen molar-refractivity contribution in [2.75, 3.05) is 11.9 Å². The number of carbonyl (C=O) groups excluding carboxylic acids is 2. The van der Waals surface area contributed by atoms with E-state index in [2.05, 4.69) is 27.9 Å². The fourth-order valence-electron chi connectivity index (χ4n) is 4.30. The third-order valence-corrected chi connectivity index (χ3v) is 5.98. The number of nitrogens with zero attached hydrogens (tertiary/aromatic N) is 2. The number of fused-ring (bicyclic) bond motifs is 3. The molecule has 0 unspecified atom stereocenters. The fourth-order valence-corrected chi connectivity index (χ4v) is 4.30. The second kappa shape index (κ2) is 9.78. The van der Waals surface area contributed by atoms with Gasteiger partial charge in [0.25, 0.3) is 5.91 Å². The molecule has 4 rings (SSSR count). The van der Waals surface area contributed by atoms with Gasteiger partial charge in [0, 0.05) is 19.0 Å². The summed E-state index contributed by atoms with van der Waals surface area (Å²) >= 11 is 0. The smallest absolute Gasteiger partial charge is 0.411 e. The highest BCUT2D eigenvalue weighted by atomic mass is 16.5. The van der Waals surface area contributed by atoms with Crippen molar-refractivity contribution in [1.82, 2.24) is 15.1 Å². The van der Waals surface area contributed by atoms with Gasteiger partial charge in [-0.3, -0.25) is 19.6 Å². The van der Waals surface area contributed by atoms with E-state index in [0.29, 0.717) is 6.42 Å². The average Bonchev–Trinajstić information content (AvgIpc) is 3.34. The number of anilines is 1. The highest BCUT2D eigenvalue weighted by molar-refractivity contribution is 6.01. The number of hydrogen-bond donors (Lipinski definition) is 3. The SMILES string of the molecule is CC[C@@H](CC(=O)O)NC(=O)c1c(NC(=O)OCC2c3ccccc3-c3ccccc32)cnn1C. The van der Waals surface area contributed by atoms with E-state index in [1.54, 1.807) is 14.0 Å². The summed E-state index contributed by atoms with van der Waals surface area (Å²) < 4.78 is 6.87. The van der Waals surface area contributed by atoms with Crippen LogP contribution in [0.3, 0.4) is 0 Å². The summed E-state index contributed by atoms with van der Waals surface area (Å²) in [6, 6.07) is 15.5. The Morgan fingerprint density at radius 2 is 1.71 bits per heavy atom. The zero-order valence-corrected chi connectivity index (χ0v) is 18.9. The highest BCUT2D eigenvalue weighted by Crippen LogP contribution is 2.44. The third kappa shape index (κ3) is 4.63. The number of nitrogens with one attached hydrogen (secondary N) is 2. The maximum atomic E-state index is 12.8. The van der Waals surface area contributed by atoms with Crippen molar-refractivity contribution in [3.8, 4) is 11.1 Å². The Hall–Kier alpha value is -4.14. The molecule has 0 spiro atoms. The topological polar surface area (TPSA) is 123 Å². The molecule has 1 aromatic heterocycles. The van der Waals surface area contributed by atoms with E-state index in [4.69, 9.17) is 9.84 Å². The lowest BCUT2D eigenvalue weighted by Crippen LogP contribution is -2.37. The molecule has 1 atom stereocenters. The molecule has 0 saturated carbocycles. The van der Waals surface area contributed by atoms with Crippen LogP contribution in [0.25, 0.3) is 11.1 Å². The van der Waals surface area contributed by atoms with E-state index in [1.165, 1.54) is 10.9 Å². The molecule has 0 bridgehead atoms. The zero-order chi connectivity index (χ0) is 24.2. The largest absolute Gasteiger partial charge is 0.481 e. The summed E-state index contributed by atoms with van der Waals surface area (Å²) in [6.07, 6.45) is 0.899. The van der Waals surface area contributed by atoms with Crippen LogP contribution in [0.5, 0.6) is 0 Å². The molecule has 1 aliphatic rings. The molecule has 0 fully saturated rings. The second-order valence-electron chi connectivity index (χ2n) is 8.16. The van der Waals surface area contributed by atoms with E-state index >= 15 is 0 Å². The minimum atomic E-state index is -1.01. The number of hydrogen-bond acceptors (Lipinski definition) is 5. The van der Waals surface area contributed by atoms with Crippen molar-refractivity contribution in [2.45, 2.75) is 31.7 Å². The molecule has 3 aromatic rings. The van der Waals surface area contributed by atoms with E-state index in [1.807, 2.05) is 36.4 Å². The van der Waals surface area contributed by atoms with Crippen LogP contribution in [0.15, 0.2) is 54.7 Å². The summed E-state index contributed by atoms with van der Waals surface area (Å²) in [5.74, 6) is -1.62. The van der Waals surface area contributed by atoms with Gasteiger partial charge < -0.3 is 15.2 Å². The van der Waals surface area contributed by atoms with Gasteiger partial charge in [0.05, 0.1) is 18.3 Å². The van der Waals surface area contributed by atoms with Crippen molar-refractivity contribution in [1.29, 1.82) is 0 Å². The normalized spacial score (nSPS) is 13.0. The molecule has 1 aliphatic carbocycles. The molecule has 9 nitrogen and oxygen atoms in total. The monoisotopic (exact) mass is 462 g/mol. The van der Waals surface area contributed by atoms with Crippen LogP contribution in [0.2, 0.25) is 0 Å². The summed E-state index contributed by atoms with van der Waals surface area (Å²) in [7, 11) is 1.57. The molecule has 2 amide bonds. The second-order valence-corrected chi connectivity index (χ2v) is 8.16. The molecule has 1 heterocycles. The molecule has 2 aromatic carbocycles. The number of carboxylic acid groups (broad SMARTS) is 1. The van der Waals surface area contributed by atoms with Gasteiger partial charge in [0.2, 0.25) is 0 Å². The maximum Gasteiger partial charge on any atom is 0.411 e. The molecule has 3 N–H and O–H groups in total. The number of carboxylic acids is 1. The van der Waals surface area contributed by atoms with E-state index < -0.39 is 24.0 Å². The van der Waals surface area contributed by atoms with E-state index in [-0.39, 0.29) is 30.3 Å². The Bertz CT molecular complexity index is 1190. The molecule has 0 saturated heterocycles. The number of aromatic nitrogens is 2. The zero-order valence-electron chi connectivity index (χ0n) is 18.9. The Labute approximate surface area is 196 Å². The van der Waals surface area contributed by atoms with Crippen molar-refractivity contribution < 1.29 is 24.2 Å². The first-order valence-electron chi connectivity index (χ1n) is 11.1. The molecule has 34 heavy (non-hydrogen) atoms. The highest BCUT2D eigenvalue weighted by Gasteiger charge is 2.29. The van der Waals surface area contributed by atoms with Gasteiger partial charge in [-0.05, 0) is 28.7 Å². The number of ether oxygens (including phenoxy) is 1. The van der Waals surface area contributed by atoms with Gasteiger partial charge in [-0.2, -0.15) is 5.10 Å². The molecule has 176 valence electrons. The van der Waals surface area contributed by atoms with Crippen LogP contribution in [-0.2, 0) is 16.6 Å². The summed E-state index contributed by atoms with van der Waals surface area (Å²) in [5.41, 5.74) is 4.75. The van der Waals surface area contributed by atoms with Gasteiger partial charge >= 0.3 is 12.1 Å². The Kier molecular flexibility index (Phi) is 6.62. The van der Waals surface area contributed by atoms with Crippen molar-refractivity contribution in [2.24, 2.45) is 7.05 Å². The van der Waals surface area contributed by atoms with Crippen molar-refractivity contribution in [3.05, 3.63) is 71.5 Å². The summed E-state index contributed by atoms with van der Waals surface area (Å²) in [5, 5.41) is 18.3. The van der Waals surface area contributed by atoms with Gasteiger partial charge in [0.1, 0.15) is 12.3 Å². The first kappa shape index (κ1) is 23.0. The van der Waals surface area contributed by atoms with Gasteiger partial charge in [-0.1, -0.05) is 55.5 Å². The number of benzene rings is 2. The first-order valence-corrected chi connectivity index (χ1v) is 11.1. The third-order valence-electron chi connectivity index (χ3n) is 5.98. The van der Waals surface area contributed by atoms with Crippen LogP contribution in [0.1, 0.15) is 47.3 Å². The van der Waals surface area contributed by atoms with Gasteiger partial charge in [0.15, 0.2) is 0 Å². The minimum Gasteiger partial charge on any atom is -0.481 e. The lowest BCUT2D eigenvalue weighted by atomic mass is 9.98. The minimum absolute atomic E-state index is 0.0869. The quantitative estimate of drug-likeness (QED) is 0.468. The standard InChI is InChI=1S/C25H26N4O5/c1-3-15(12-22(30)31)27-24(32)23-21(13-26-29(23)2)28-25(33)34-14-20-18-10-6-4-8-16(18)17-9-5-7-11-19(17)20/h4-11,13,15,20H,3,12,14H2,1-2H3,(H,27,32)(H,28,33)(H,30,31)/t15-/m0/s1. The van der Waals surface area contributed by atoms with E-state index in [9.17, 15) is 14.4 Å². The van der Waals surface area contributed by atoms with E-state index in [0.717, 1.165) is 22.3 Å². The van der Waals surface area contributed by atoms with Crippen LogP contribution in [0, 0.1) is 0 Å². The number of rotatable bonds is 8. The Morgan fingerprint density at radius 1 is 1.09 bits per heavy atom. The molecular weight excluding hydrogens is 436 g/mol. The Balaban J connectivity index is 1.44. The lowest BCUT2D eigenvalue weighted by molar-refractivity contribution is -0.137. The van der Waals surface area contributed by atoms with Gasteiger partial charge in [-0.15, -0.1) is 0 Å². The predicted molar refractivity (Wildman–Crippen MR) is 126 cm³/mol. The number of aliphatic carboxylic acids is 1. The van der Waals surface area contributed by atoms with Crippen LogP contribution < -0.4 is 10.6 Å². The van der Waals surface area contributed by atoms with Crippen molar-refractivity contribution in [3.63, 3.8) is 0 Å². The Morgan fingerprint density at radius 3 is 2.29 bits per heavy atom. The number of carbonyl (C=O) groups is 3. The summed E-state index contributed by atoms with van der Waals surface area (Å²) in [6.45, 7) is 1.92. The lowest BCUT2D eigenvalue weighted by Gasteiger charge is -2.16. The van der Waals surface area contributed by atoms with Crippen LogP contribution in [0.4, 0.5) is 10.5 Å². The predicted octanol–water partition coefficient (Wildman–Crippen LogP) is 3.76. The van der Waals surface area contributed by atoms with Crippen LogP contribution in [-0.4, -0.2) is 45.5 Å². The molecule has 0 aliphatic heterocycles. The summed E-state index contributed by atoms with van der Waals surface area (Å²) in [4.78, 5) is 36.4. The number of amides is 2. The van der Waals surface area contributed by atoms with Gasteiger partial charge in [-0.25, -0.2) is 4.79 Å². The number of aryl methyl sites for hydroxylation is 1. The maximum absolute atomic E-state index is 12.8. The molecule has 9 heteroatoms. The first-order chi connectivity index (χ1) is 16.4. The molecular formula is C25H26N4O5. The van der Waals surface area contributed by atoms with Crippen LogP contribution >= 0.6 is 0 Å². The average molecular weight is 463 g/mol. The fraction of sp³-hybridized carbons (Fsp3) is 0.280. The van der Waals surface area contributed by atoms with Crippen molar-refractivity contribution >= 4 is 23.7 Å². The molecule has 0 radical (unpaired) electrons.